The van der Waals surface area contributed by atoms with Crippen molar-refractivity contribution in [1.82, 2.24) is 5.32 Å². The largest absolute Gasteiger partial charge is 0.744 e. The molecule has 1 unspecified atom stereocenters. The van der Waals surface area contributed by atoms with E-state index in [4.69, 9.17) is 118 Å². The van der Waals surface area contributed by atoms with Gasteiger partial charge in [-0.05, 0) is 106 Å². The highest BCUT2D eigenvalue weighted by molar-refractivity contribution is 7.94. The molecule has 1 atom stereocenters. The number of hydrogen-bond donors (Lipinski definition) is 1. The number of benzene rings is 3. The lowest BCUT2D eigenvalue weighted by atomic mass is 9.75. The van der Waals surface area contributed by atoms with Gasteiger partial charge >= 0.3 is 5.97 Å². The molecule has 1 amide bonds. The number of unbranched alkanes of at least 4 members (excludes halogenated alkanes) is 4. The third-order valence-electron chi connectivity index (χ3n) is 21.0. The number of rotatable bonds is 98. The van der Waals surface area contributed by atoms with Gasteiger partial charge < -0.3 is 148 Å². The Morgan fingerprint density at radius 3 is 1.21 bits per heavy atom. The van der Waals surface area contributed by atoms with E-state index in [9.17, 15) is 46.0 Å². The predicted octanol–water partition coefficient (Wildman–Crippen LogP) is 6.76. The Balaban J connectivity index is 0.0000409. The quantitative estimate of drug-likeness (QED) is 0.00891. The molecule has 0 bridgehead atoms. The van der Waals surface area contributed by atoms with Crippen LogP contribution in [0.15, 0.2) is 93.2 Å². The molecule has 140 heavy (non-hydrogen) atoms. The highest BCUT2D eigenvalue weighted by Crippen LogP contribution is 2.54. The van der Waals surface area contributed by atoms with E-state index in [-0.39, 0.29) is 36.5 Å². The van der Waals surface area contributed by atoms with E-state index in [0.29, 0.717) is 409 Å². The number of allylic oxidation sites excluding steroid dienone is 6. The Hall–Kier alpha value is -5.13. The van der Waals surface area contributed by atoms with Gasteiger partial charge in [-0.2, -0.15) is 13.2 Å². The minimum Gasteiger partial charge on any atom is -0.744 e. The molecule has 0 saturated heterocycles. The fourth-order valence-electron chi connectivity index (χ4n) is 14.2. The van der Waals surface area contributed by atoms with E-state index in [1.807, 2.05) is 60.4 Å². The summed E-state index contributed by atoms with van der Waals surface area (Å²) in [6.07, 6.45) is 14.5. The number of nitrogens with zero attached hydrogens (tertiary/aromatic N) is 2. The summed E-state index contributed by atoms with van der Waals surface area (Å²) in [6, 6.07) is 10.5. The number of methoxy groups -OCH3 is 2. The van der Waals surface area contributed by atoms with Crippen LogP contribution in [0.5, 0.6) is 0 Å². The zero-order chi connectivity index (χ0) is 99.9. The molecule has 0 saturated carbocycles. The van der Waals surface area contributed by atoms with Crippen LogP contribution in [-0.4, -0.2) is 398 Å². The first kappa shape index (κ1) is 127. The first-order valence-corrected chi connectivity index (χ1v) is 51.8. The van der Waals surface area contributed by atoms with Gasteiger partial charge in [-0.1, -0.05) is 44.6 Å². The molecule has 2 aliphatic rings. The number of carbonyl (C=O) groups is 2. The molecule has 3 aromatic rings. The minimum atomic E-state index is -5.31. The molecule has 0 aromatic heterocycles. The SMILES string of the molecule is C.COCCOCCOCCOCCOCCOCCOCCOCCOCCOCCOCCOCCOCCOCCOCCOCCOCCOCCOCCOCCOCCOCCOCCOCCNC(=O)CCCCC[N+]1=C(C=CC=CC=C2N(CCCSOO[O-])c3ccc4c(S(=O)(=O)[O-])cc(S(=O)(=O)[O-])cc4c3C2(C)CCCCCC(=O)OC)C(C)(C)c2cc(SOO[O-])ccc21. The van der Waals surface area contributed by atoms with Crippen LogP contribution in [0.3, 0.4) is 0 Å². The van der Waals surface area contributed by atoms with Crippen molar-refractivity contribution in [3.63, 3.8) is 0 Å². The second kappa shape index (κ2) is 82.9. The summed E-state index contributed by atoms with van der Waals surface area (Å²) in [5.74, 6) is -0.153. The Labute approximate surface area is 835 Å². The zero-order valence-corrected chi connectivity index (χ0v) is 84.8. The van der Waals surface area contributed by atoms with Crippen molar-refractivity contribution in [2.24, 2.45) is 0 Å². The van der Waals surface area contributed by atoms with Crippen LogP contribution >= 0.6 is 24.1 Å². The number of amides is 1. The summed E-state index contributed by atoms with van der Waals surface area (Å²) in [6.45, 7) is 29.0. The van der Waals surface area contributed by atoms with Gasteiger partial charge in [-0.15, -0.1) is 0 Å². The monoisotopic (exact) mass is 2080 g/mol. The van der Waals surface area contributed by atoms with Crippen molar-refractivity contribution in [3.8, 4) is 0 Å². The molecule has 3 aromatic carbocycles. The smallest absolute Gasteiger partial charge is 0.305 e. The van der Waals surface area contributed by atoms with Crippen LogP contribution in [-0.2, 0) is 178 Å². The number of hydrogen-bond acceptors (Lipinski definition) is 42. The van der Waals surface area contributed by atoms with Crippen molar-refractivity contribution < 1.29 is 188 Å². The average molecular weight is 2080 g/mol. The normalized spacial score (nSPS) is 14.6. The molecule has 0 aliphatic carbocycles. The van der Waals surface area contributed by atoms with Crippen LogP contribution in [0.1, 0.15) is 104 Å². The molecule has 0 spiro atoms. The highest BCUT2D eigenvalue weighted by atomic mass is 32.2. The molecule has 2 aliphatic heterocycles. The maximum atomic E-state index is 12.9. The molecule has 42 nitrogen and oxygen atoms in total. The fourth-order valence-corrected chi connectivity index (χ4v) is 16.3. The lowest BCUT2D eigenvalue weighted by Crippen LogP contribution is -2.29. The van der Waals surface area contributed by atoms with Gasteiger partial charge in [0.1, 0.15) is 26.8 Å². The van der Waals surface area contributed by atoms with Gasteiger partial charge in [-0.25, -0.2) is 16.8 Å². The Morgan fingerprint density at radius 1 is 0.429 bits per heavy atom. The second-order valence-electron chi connectivity index (χ2n) is 31.4. The molecule has 0 radical (unpaired) electrons. The maximum absolute atomic E-state index is 12.9. The van der Waals surface area contributed by atoms with Gasteiger partial charge in [0.05, 0.1) is 345 Å². The summed E-state index contributed by atoms with van der Waals surface area (Å²) < 4.78 is 225. The topological polar surface area (TPSA) is 481 Å². The molecule has 2 heterocycles. The van der Waals surface area contributed by atoms with E-state index in [0.717, 1.165) is 60.0 Å². The van der Waals surface area contributed by atoms with Crippen LogP contribution in [0.25, 0.3) is 10.8 Å². The molecular weight excluding hydrogens is 1920 g/mol. The van der Waals surface area contributed by atoms with E-state index < -0.39 is 40.9 Å². The fraction of sp³-hybridized carbons (Fsp3) is 0.734. The summed E-state index contributed by atoms with van der Waals surface area (Å²) in [4.78, 5) is 25.9. The van der Waals surface area contributed by atoms with Gasteiger partial charge in [0, 0.05) is 96.7 Å². The van der Waals surface area contributed by atoms with Gasteiger partial charge in [-0.3, -0.25) is 19.7 Å². The lowest BCUT2D eigenvalue weighted by Gasteiger charge is -2.31. The summed E-state index contributed by atoms with van der Waals surface area (Å²) in [5.41, 5.74) is 3.03. The first-order chi connectivity index (χ1) is 67.8. The predicted molar refractivity (Wildman–Crippen MR) is 511 cm³/mol. The number of anilines is 1. The summed E-state index contributed by atoms with van der Waals surface area (Å²) in [5, 5.41) is 31.6. The maximum Gasteiger partial charge on any atom is 0.305 e. The molecule has 0 fully saturated rings. The third-order valence-corrected chi connectivity index (χ3v) is 23.9. The van der Waals surface area contributed by atoms with Crippen LogP contribution in [0, 0.1) is 0 Å². The molecule has 1 N–H and O–H groups in total. The summed E-state index contributed by atoms with van der Waals surface area (Å²) in [7, 11) is -7.64. The Morgan fingerprint density at radius 2 is 0.821 bits per heavy atom. The van der Waals surface area contributed by atoms with Gasteiger partial charge in [0.15, 0.2) is 5.71 Å². The van der Waals surface area contributed by atoms with E-state index in [1.54, 1.807) is 13.2 Å². The molecular formula is C94H154N3O39S4-3. The Kier molecular flexibility index (Phi) is 75.3. The van der Waals surface area contributed by atoms with Crippen molar-refractivity contribution in [1.29, 1.82) is 0 Å². The van der Waals surface area contributed by atoms with Crippen molar-refractivity contribution >= 4 is 84.1 Å². The lowest BCUT2D eigenvalue weighted by molar-refractivity contribution is -0.777. The average Bonchev–Trinajstić information content (AvgIpc) is 1.55. The molecule has 806 valence electrons. The standard InChI is InChI=1S/C93H153N3O39S4.CH4/c1-92(2)83-76-79(137-135-133-100)20-22-84(83)95(87(92)16-9-6-10-17-88-93(3,24-13-7-12-19-90(98)108-5)91-82-77-80(138(101,102)103)78-86(139(104,105)106)81(82)21-23-85(91)96(88)27-15-75-136-134-132-99)26-14-8-11-18-89(97)94-25-28-109-31-32-111-35-36-113-39-40-115-43-44-117-47-48-119-51-52-121-55-56-123-59-60-125-63-64-127-67-68-129-71-72-131-74-73-130-70-69-128-66-65-126-62-61-124-58-57-122-54-53-120-50-49-118-46-45-116-42-41-114-38-37-112-34-33-110-30-29-107-4;/h6,9-10,16-17,20-23,76-78H,7-8,11-15,18-19,24-75H2,1-5H3,(H4-,94,97,99,100,101,102,103,104,105,106);1H4/p-3. The molecule has 46 heteroatoms. The van der Waals surface area contributed by atoms with E-state index in [1.165, 1.54) is 13.2 Å². The second-order valence-corrected chi connectivity index (χ2v) is 35.7. The Bertz CT molecular complexity index is 4030. The van der Waals surface area contributed by atoms with E-state index >= 15 is 0 Å². The summed E-state index contributed by atoms with van der Waals surface area (Å²) >= 11 is 1.59. The van der Waals surface area contributed by atoms with Gasteiger partial charge in [0.25, 0.3) is 0 Å². The number of ether oxygens (including phenoxy) is 25. The minimum absolute atomic E-state index is 0. The van der Waals surface area contributed by atoms with Crippen molar-refractivity contribution in [2.75, 3.05) is 355 Å². The number of fused-ring (bicyclic) bond motifs is 4. The van der Waals surface area contributed by atoms with E-state index in [2.05, 4.69) is 42.5 Å². The number of esters is 1. The van der Waals surface area contributed by atoms with Crippen molar-refractivity contribution in [2.45, 2.75) is 118 Å². The van der Waals surface area contributed by atoms with Gasteiger partial charge in [0.2, 0.25) is 11.6 Å². The van der Waals surface area contributed by atoms with Crippen molar-refractivity contribution in [3.05, 3.63) is 89.7 Å². The zero-order valence-electron chi connectivity index (χ0n) is 81.5. The number of nitrogens with one attached hydrogen (secondary N) is 1. The van der Waals surface area contributed by atoms with Crippen LogP contribution in [0.4, 0.5) is 11.4 Å². The number of carbonyl (C=O) groups excluding carboxylic acids is 2. The third kappa shape index (κ3) is 57.3. The van der Waals surface area contributed by atoms with Crippen LogP contribution in [0.2, 0.25) is 0 Å². The highest BCUT2D eigenvalue weighted by Gasteiger charge is 2.46. The van der Waals surface area contributed by atoms with Crippen LogP contribution < -0.4 is 20.7 Å². The molecule has 5 rings (SSSR count). The first-order valence-electron chi connectivity index (χ1n) is 47.3.